The predicted molar refractivity (Wildman–Crippen MR) is 66.8 cm³/mol. The maximum Gasteiger partial charge on any atom is 0.274 e. The fraction of sp³-hybridized carbons (Fsp3) is 0.455. The van der Waals surface area contributed by atoms with Gasteiger partial charge in [0.05, 0.1) is 6.04 Å². The van der Waals surface area contributed by atoms with E-state index < -0.39 is 0 Å². The highest BCUT2D eigenvalue weighted by Gasteiger charge is 2.23. The smallest absolute Gasteiger partial charge is 0.274 e. The third-order valence-corrected chi connectivity index (χ3v) is 3.03. The molecule has 3 rings (SSSR count). The van der Waals surface area contributed by atoms with Gasteiger partial charge in [-0.3, -0.25) is 14.7 Å². The Kier molecular flexibility index (Phi) is 2.79. The number of carbonyl (C=O) groups excluding carboxylic acids is 1. The molecule has 2 aromatic rings. The van der Waals surface area contributed by atoms with Crippen molar-refractivity contribution in [1.29, 1.82) is 0 Å². The second kappa shape index (κ2) is 4.47. The van der Waals surface area contributed by atoms with Crippen molar-refractivity contribution in [2.24, 2.45) is 0 Å². The van der Waals surface area contributed by atoms with Gasteiger partial charge in [0, 0.05) is 31.3 Å². The van der Waals surface area contributed by atoms with E-state index in [2.05, 4.69) is 25.7 Å². The molecule has 8 heteroatoms. The lowest BCUT2D eigenvalue weighted by atomic mass is 10.1. The van der Waals surface area contributed by atoms with Gasteiger partial charge in [0.2, 0.25) is 5.91 Å². The Morgan fingerprint density at radius 1 is 1.37 bits per heavy atom. The van der Waals surface area contributed by atoms with E-state index in [1.165, 1.54) is 10.6 Å². The Bertz CT molecular complexity index is 688. The quantitative estimate of drug-likeness (QED) is 0.602. The molecule has 2 aromatic heterocycles. The second-order valence-electron chi connectivity index (χ2n) is 4.54. The van der Waals surface area contributed by atoms with Gasteiger partial charge >= 0.3 is 0 Å². The zero-order chi connectivity index (χ0) is 13.4. The first-order chi connectivity index (χ1) is 9.13. The van der Waals surface area contributed by atoms with Crippen LogP contribution < -0.4 is 16.2 Å². The zero-order valence-corrected chi connectivity index (χ0v) is 10.4. The average molecular weight is 262 g/mol. The predicted octanol–water partition coefficient (Wildman–Crippen LogP) is -1.64. The number of piperazine rings is 1. The molecule has 0 radical (unpaired) electrons. The molecule has 1 unspecified atom stereocenters. The minimum atomic E-state index is -0.328. The summed E-state index contributed by atoms with van der Waals surface area (Å²) in [6.45, 7) is 3.11. The van der Waals surface area contributed by atoms with E-state index in [0.29, 0.717) is 30.3 Å². The maximum absolute atomic E-state index is 11.7. The van der Waals surface area contributed by atoms with Gasteiger partial charge < -0.3 is 10.6 Å². The molecule has 0 spiro atoms. The van der Waals surface area contributed by atoms with Crippen LogP contribution in [0.4, 0.5) is 0 Å². The summed E-state index contributed by atoms with van der Waals surface area (Å²) in [5.74, 6) is 0.837. The molecule has 1 aliphatic rings. The van der Waals surface area contributed by atoms with Gasteiger partial charge in [-0.15, -0.1) is 0 Å². The lowest BCUT2D eigenvalue weighted by molar-refractivity contribution is -0.124. The van der Waals surface area contributed by atoms with Gasteiger partial charge in [-0.05, 0) is 6.92 Å². The van der Waals surface area contributed by atoms with E-state index >= 15 is 0 Å². The summed E-state index contributed by atoms with van der Waals surface area (Å²) < 4.78 is 1.28. The largest absolute Gasteiger partial charge is 0.353 e. The van der Waals surface area contributed by atoms with Crippen LogP contribution in [-0.2, 0) is 11.2 Å². The van der Waals surface area contributed by atoms with Gasteiger partial charge in [-0.1, -0.05) is 0 Å². The Hall–Kier alpha value is -2.22. The molecule has 1 aliphatic heterocycles. The summed E-state index contributed by atoms with van der Waals surface area (Å²) in [5.41, 5.74) is 0.416. The molecule has 1 fully saturated rings. The number of hydrogen-bond donors (Lipinski definition) is 3. The number of aromatic amines is 1. The monoisotopic (exact) mass is 262 g/mol. The molecule has 8 nitrogen and oxygen atoms in total. The molecule has 1 amide bonds. The van der Waals surface area contributed by atoms with Crippen LogP contribution in [0.5, 0.6) is 0 Å². The van der Waals surface area contributed by atoms with E-state index in [-0.39, 0.29) is 17.5 Å². The second-order valence-corrected chi connectivity index (χ2v) is 4.54. The van der Waals surface area contributed by atoms with E-state index in [1.54, 1.807) is 6.92 Å². The number of nitrogens with zero attached hydrogens (tertiary/aromatic N) is 3. The number of amides is 1. The molecule has 100 valence electrons. The van der Waals surface area contributed by atoms with E-state index in [4.69, 9.17) is 0 Å². The fourth-order valence-corrected chi connectivity index (χ4v) is 2.13. The zero-order valence-electron chi connectivity index (χ0n) is 10.4. The van der Waals surface area contributed by atoms with Crippen LogP contribution in [0.1, 0.15) is 11.5 Å². The number of aryl methyl sites for hydroxylation is 1. The topological polar surface area (TPSA) is 104 Å². The average Bonchev–Trinajstić information content (AvgIpc) is 2.75. The molecule has 1 saturated heterocycles. The van der Waals surface area contributed by atoms with E-state index in [9.17, 15) is 9.59 Å². The van der Waals surface area contributed by atoms with Crippen LogP contribution in [0.25, 0.3) is 5.78 Å². The number of carbonyl (C=O) groups is 1. The van der Waals surface area contributed by atoms with Crippen molar-refractivity contribution in [3.63, 3.8) is 0 Å². The van der Waals surface area contributed by atoms with Crippen molar-refractivity contribution in [1.82, 2.24) is 30.2 Å². The molecule has 3 heterocycles. The summed E-state index contributed by atoms with van der Waals surface area (Å²) in [5, 5.41) is 8.76. The van der Waals surface area contributed by atoms with Crippen LogP contribution in [0.2, 0.25) is 0 Å². The van der Waals surface area contributed by atoms with Crippen LogP contribution in [0.3, 0.4) is 0 Å². The number of aromatic nitrogens is 4. The summed E-state index contributed by atoms with van der Waals surface area (Å²) in [4.78, 5) is 31.8. The summed E-state index contributed by atoms with van der Waals surface area (Å²) in [6.07, 6.45) is 0.397. The Morgan fingerprint density at radius 2 is 2.21 bits per heavy atom. The van der Waals surface area contributed by atoms with Crippen LogP contribution in [0, 0.1) is 6.92 Å². The normalized spacial score (nSPS) is 19.6. The summed E-state index contributed by atoms with van der Waals surface area (Å²) in [7, 11) is 0. The first-order valence-electron chi connectivity index (χ1n) is 6.10. The van der Waals surface area contributed by atoms with Gasteiger partial charge in [-0.2, -0.15) is 9.50 Å². The highest BCUT2D eigenvalue weighted by Crippen LogP contribution is 2.02. The number of nitrogens with one attached hydrogen (secondary N) is 3. The van der Waals surface area contributed by atoms with E-state index in [0.717, 1.165) is 6.54 Å². The Labute approximate surface area is 108 Å². The Morgan fingerprint density at radius 3 is 3.00 bits per heavy atom. The SMILES string of the molecule is Cc1cc(=O)n2[nH]c(CC3NCCNC3=O)nc2n1. The molecule has 3 N–H and O–H groups in total. The molecule has 0 bridgehead atoms. The fourth-order valence-electron chi connectivity index (χ4n) is 2.13. The molecule has 0 aliphatic carbocycles. The molecule has 1 atom stereocenters. The third kappa shape index (κ3) is 2.22. The molecule has 19 heavy (non-hydrogen) atoms. The van der Waals surface area contributed by atoms with Gasteiger partial charge in [0.15, 0.2) is 0 Å². The van der Waals surface area contributed by atoms with Gasteiger partial charge in [0.25, 0.3) is 11.3 Å². The van der Waals surface area contributed by atoms with Gasteiger partial charge in [-0.25, -0.2) is 4.98 Å². The maximum atomic E-state index is 11.7. The van der Waals surface area contributed by atoms with Crippen molar-refractivity contribution in [2.75, 3.05) is 13.1 Å². The van der Waals surface area contributed by atoms with Crippen LogP contribution >= 0.6 is 0 Å². The molecule has 0 aromatic carbocycles. The molecule has 0 saturated carbocycles. The first-order valence-corrected chi connectivity index (χ1v) is 6.10. The lowest BCUT2D eigenvalue weighted by Gasteiger charge is -2.22. The number of H-pyrrole nitrogens is 1. The number of fused-ring (bicyclic) bond motifs is 1. The first kappa shape index (κ1) is 11.8. The summed E-state index contributed by atoms with van der Waals surface area (Å²) >= 11 is 0. The van der Waals surface area contributed by atoms with Crippen LogP contribution in [-0.4, -0.2) is 44.6 Å². The number of rotatable bonds is 2. The Balaban J connectivity index is 1.91. The minimum Gasteiger partial charge on any atom is -0.353 e. The highest BCUT2D eigenvalue weighted by molar-refractivity contribution is 5.82. The summed E-state index contributed by atoms with van der Waals surface area (Å²) in [6, 6.07) is 1.10. The van der Waals surface area contributed by atoms with Crippen molar-refractivity contribution in [3.05, 3.63) is 27.9 Å². The highest BCUT2D eigenvalue weighted by atomic mass is 16.2. The third-order valence-electron chi connectivity index (χ3n) is 3.03. The van der Waals surface area contributed by atoms with Crippen LogP contribution in [0.15, 0.2) is 10.9 Å². The van der Waals surface area contributed by atoms with Crippen molar-refractivity contribution in [2.45, 2.75) is 19.4 Å². The van der Waals surface area contributed by atoms with Gasteiger partial charge in [0.1, 0.15) is 5.82 Å². The minimum absolute atomic E-state index is 0.0526. The van der Waals surface area contributed by atoms with E-state index in [1.807, 2.05) is 0 Å². The van der Waals surface area contributed by atoms with Crippen molar-refractivity contribution in [3.8, 4) is 0 Å². The van der Waals surface area contributed by atoms with Crippen molar-refractivity contribution < 1.29 is 4.79 Å². The van der Waals surface area contributed by atoms with Crippen molar-refractivity contribution >= 4 is 11.7 Å². The standard InChI is InChI=1S/C11H14N6O2/c1-6-4-9(18)17-11(14-6)15-8(16-17)5-7-10(19)13-3-2-12-7/h4,7,12H,2-3,5H2,1H3,(H,13,19)(H,14,15,16). The number of hydrogen-bond acceptors (Lipinski definition) is 5. The molecular formula is C11H14N6O2. The lowest BCUT2D eigenvalue weighted by Crippen LogP contribution is -2.53. The molecular weight excluding hydrogens is 248 g/mol.